The fourth-order valence-corrected chi connectivity index (χ4v) is 3.64. The van der Waals surface area contributed by atoms with Gasteiger partial charge in [0, 0.05) is 27.8 Å². The third-order valence-electron chi connectivity index (χ3n) is 4.88. The summed E-state index contributed by atoms with van der Waals surface area (Å²) in [5.74, 6) is 1.97. The van der Waals surface area contributed by atoms with Crippen LogP contribution in [0.2, 0.25) is 5.02 Å². The Bertz CT molecular complexity index is 1230. The zero-order valence-electron chi connectivity index (χ0n) is 15.1. The molecule has 1 aliphatic heterocycles. The number of rotatable bonds is 2. The van der Waals surface area contributed by atoms with Crippen LogP contribution in [0.25, 0.3) is 21.9 Å². The molecule has 0 aromatic heterocycles. The molecule has 4 aromatic rings. The third kappa shape index (κ3) is 2.81. The standard InChI is InChI=1S/C24H16ClNO2/c1-27-18-11-12-20-22(14-18)28-24(16-6-9-17(25)10-7-16)26-21-13-8-15-4-2-3-5-19(15)23(20)21/h2-14H,1H3. The predicted octanol–water partition coefficient (Wildman–Crippen LogP) is 6.64. The van der Waals surface area contributed by atoms with Gasteiger partial charge in [0.1, 0.15) is 11.5 Å². The Balaban J connectivity index is 1.82. The lowest BCUT2D eigenvalue weighted by atomic mass is 9.96. The summed E-state index contributed by atoms with van der Waals surface area (Å²) >= 11 is 6.05. The molecule has 0 spiro atoms. The monoisotopic (exact) mass is 385 g/mol. The van der Waals surface area contributed by atoms with Crippen LogP contribution in [0.15, 0.2) is 83.9 Å². The average molecular weight is 386 g/mol. The van der Waals surface area contributed by atoms with Crippen molar-refractivity contribution in [2.45, 2.75) is 0 Å². The van der Waals surface area contributed by atoms with Gasteiger partial charge in [0.05, 0.1) is 12.8 Å². The van der Waals surface area contributed by atoms with Crippen molar-refractivity contribution in [3.63, 3.8) is 0 Å². The van der Waals surface area contributed by atoms with Gasteiger partial charge >= 0.3 is 0 Å². The van der Waals surface area contributed by atoms with Crippen LogP contribution in [-0.2, 0) is 0 Å². The van der Waals surface area contributed by atoms with Crippen molar-refractivity contribution in [3.05, 3.63) is 89.4 Å². The number of nitrogens with zero attached hydrogens (tertiary/aromatic N) is 1. The van der Waals surface area contributed by atoms with E-state index in [-0.39, 0.29) is 0 Å². The van der Waals surface area contributed by atoms with Crippen LogP contribution in [0, 0.1) is 0 Å². The molecule has 0 radical (unpaired) electrons. The highest BCUT2D eigenvalue weighted by Gasteiger charge is 2.21. The van der Waals surface area contributed by atoms with Crippen molar-refractivity contribution < 1.29 is 9.47 Å². The fourth-order valence-electron chi connectivity index (χ4n) is 3.51. The summed E-state index contributed by atoms with van der Waals surface area (Å²) < 4.78 is 11.7. The second-order valence-corrected chi connectivity index (χ2v) is 7.01. The zero-order valence-corrected chi connectivity index (χ0v) is 15.9. The topological polar surface area (TPSA) is 30.8 Å². The van der Waals surface area contributed by atoms with Gasteiger partial charge in [-0.15, -0.1) is 0 Å². The van der Waals surface area contributed by atoms with Gasteiger partial charge in [0.2, 0.25) is 5.90 Å². The SMILES string of the molecule is COc1ccc2c(c1)OC(c1ccc(Cl)cc1)=Nc1ccc3ccccc3c1-2. The zero-order chi connectivity index (χ0) is 19.1. The van der Waals surface area contributed by atoms with E-state index in [1.807, 2.05) is 60.7 Å². The molecule has 0 aliphatic carbocycles. The van der Waals surface area contributed by atoms with E-state index in [1.165, 1.54) is 0 Å². The lowest BCUT2D eigenvalue weighted by molar-refractivity contribution is 0.412. The summed E-state index contributed by atoms with van der Waals surface area (Å²) in [5, 5.41) is 2.97. The minimum Gasteiger partial charge on any atom is -0.497 e. The molecule has 4 heteroatoms. The maximum absolute atomic E-state index is 6.28. The number of hydrogen-bond donors (Lipinski definition) is 0. The molecule has 0 fully saturated rings. The van der Waals surface area contributed by atoms with Crippen molar-refractivity contribution in [3.8, 4) is 22.6 Å². The summed E-state index contributed by atoms with van der Waals surface area (Å²) in [5.41, 5.74) is 3.77. The number of halogens is 1. The van der Waals surface area contributed by atoms with Gasteiger partial charge in [-0.25, -0.2) is 4.99 Å². The van der Waals surface area contributed by atoms with Crippen LogP contribution in [0.1, 0.15) is 5.56 Å². The minimum atomic E-state index is 0.528. The largest absolute Gasteiger partial charge is 0.497 e. The van der Waals surface area contributed by atoms with Crippen molar-refractivity contribution in [1.29, 1.82) is 0 Å². The molecule has 0 saturated heterocycles. The molecular weight excluding hydrogens is 370 g/mol. The number of benzene rings is 4. The number of aliphatic imine (C=N–C) groups is 1. The van der Waals surface area contributed by atoms with E-state index >= 15 is 0 Å². The summed E-state index contributed by atoms with van der Waals surface area (Å²) in [7, 11) is 1.65. The smallest absolute Gasteiger partial charge is 0.227 e. The van der Waals surface area contributed by atoms with Gasteiger partial charge in [-0.2, -0.15) is 0 Å². The molecule has 0 unspecified atom stereocenters. The van der Waals surface area contributed by atoms with Crippen LogP contribution in [0.4, 0.5) is 5.69 Å². The first-order valence-corrected chi connectivity index (χ1v) is 9.33. The summed E-state index contributed by atoms with van der Waals surface area (Å²) in [6.07, 6.45) is 0. The van der Waals surface area contributed by atoms with Gasteiger partial charge in [-0.1, -0.05) is 41.9 Å². The first-order valence-electron chi connectivity index (χ1n) is 8.95. The molecule has 0 N–H and O–H groups in total. The molecule has 0 amide bonds. The Morgan fingerprint density at radius 3 is 2.54 bits per heavy atom. The van der Waals surface area contributed by atoms with E-state index in [1.54, 1.807) is 7.11 Å². The summed E-state index contributed by atoms with van der Waals surface area (Å²) in [6, 6.07) is 25.8. The Kier molecular flexibility index (Phi) is 4.03. The lowest BCUT2D eigenvalue weighted by Gasteiger charge is -2.13. The number of hydrogen-bond acceptors (Lipinski definition) is 3. The average Bonchev–Trinajstić information content (AvgIpc) is 2.90. The van der Waals surface area contributed by atoms with E-state index in [4.69, 9.17) is 26.1 Å². The van der Waals surface area contributed by atoms with E-state index in [0.29, 0.717) is 16.7 Å². The van der Waals surface area contributed by atoms with Gasteiger partial charge in [0.15, 0.2) is 0 Å². The van der Waals surface area contributed by atoms with Crippen LogP contribution in [0.3, 0.4) is 0 Å². The van der Waals surface area contributed by atoms with E-state index in [9.17, 15) is 0 Å². The van der Waals surface area contributed by atoms with Crippen LogP contribution in [-0.4, -0.2) is 13.0 Å². The molecular formula is C24H16ClNO2. The van der Waals surface area contributed by atoms with Crippen molar-refractivity contribution in [2.75, 3.05) is 7.11 Å². The van der Waals surface area contributed by atoms with Gasteiger partial charge in [-0.05, 0) is 53.2 Å². The lowest BCUT2D eigenvalue weighted by Crippen LogP contribution is -2.09. The molecule has 0 atom stereocenters. The number of methoxy groups -OCH3 is 1. The Morgan fingerprint density at radius 2 is 1.71 bits per heavy atom. The summed E-state index contributed by atoms with van der Waals surface area (Å²) in [4.78, 5) is 4.87. The van der Waals surface area contributed by atoms with Crippen molar-refractivity contribution in [1.82, 2.24) is 0 Å². The van der Waals surface area contributed by atoms with Crippen LogP contribution < -0.4 is 9.47 Å². The van der Waals surface area contributed by atoms with Gasteiger partial charge in [0.25, 0.3) is 0 Å². The Labute approximate surface area is 167 Å². The normalized spacial score (nSPS) is 12.4. The molecule has 1 aliphatic rings. The van der Waals surface area contributed by atoms with Crippen molar-refractivity contribution >= 4 is 34.0 Å². The molecule has 3 nitrogen and oxygen atoms in total. The van der Waals surface area contributed by atoms with Gasteiger partial charge in [-0.3, -0.25) is 0 Å². The molecule has 0 bridgehead atoms. The number of fused-ring (bicyclic) bond motifs is 5. The molecule has 1 heterocycles. The Morgan fingerprint density at radius 1 is 0.893 bits per heavy atom. The van der Waals surface area contributed by atoms with Gasteiger partial charge < -0.3 is 9.47 Å². The van der Waals surface area contributed by atoms with E-state index < -0.39 is 0 Å². The fraction of sp³-hybridized carbons (Fsp3) is 0.0417. The molecule has 0 saturated carbocycles. The quantitative estimate of drug-likeness (QED) is 0.387. The highest BCUT2D eigenvalue weighted by atomic mass is 35.5. The third-order valence-corrected chi connectivity index (χ3v) is 5.14. The minimum absolute atomic E-state index is 0.528. The van der Waals surface area contributed by atoms with Crippen molar-refractivity contribution in [2.24, 2.45) is 4.99 Å². The molecule has 136 valence electrons. The van der Waals surface area contributed by atoms with E-state index in [0.717, 1.165) is 38.9 Å². The maximum atomic E-state index is 6.28. The van der Waals surface area contributed by atoms with Crippen LogP contribution in [0.5, 0.6) is 11.5 Å². The maximum Gasteiger partial charge on any atom is 0.227 e. The van der Waals surface area contributed by atoms with E-state index in [2.05, 4.69) is 18.2 Å². The second kappa shape index (κ2) is 6.70. The highest BCUT2D eigenvalue weighted by Crippen LogP contribution is 2.45. The molecule has 5 rings (SSSR count). The number of ether oxygens (including phenoxy) is 2. The summed E-state index contributed by atoms with van der Waals surface area (Å²) in [6.45, 7) is 0. The van der Waals surface area contributed by atoms with Crippen LogP contribution >= 0.6 is 11.6 Å². The predicted molar refractivity (Wildman–Crippen MR) is 114 cm³/mol. The first kappa shape index (κ1) is 16.8. The highest BCUT2D eigenvalue weighted by molar-refractivity contribution is 6.30. The first-order chi connectivity index (χ1) is 13.7. The second-order valence-electron chi connectivity index (χ2n) is 6.57. The molecule has 4 aromatic carbocycles. The molecule has 28 heavy (non-hydrogen) atoms. The Hall–Kier alpha value is -3.30.